The molecular weight excluding hydrogens is 442 g/mol. The topological polar surface area (TPSA) is 113 Å². The zero-order valence-corrected chi connectivity index (χ0v) is 19.2. The fraction of sp³-hybridized carbons (Fsp3) is 0.400. The van der Waals surface area contributed by atoms with E-state index in [4.69, 9.17) is 27.2 Å². The van der Waals surface area contributed by atoms with Gasteiger partial charge in [-0.2, -0.15) is 0 Å². The zero-order chi connectivity index (χ0) is 23.8. The van der Waals surface area contributed by atoms with E-state index in [1.54, 1.807) is 4.90 Å². The first-order valence-electron chi connectivity index (χ1n) is 11.1. The molecule has 1 heterocycles. The normalized spacial score (nSPS) is 25.0. The van der Waals surface area contributed by atoms with E-state index in [9.17, 15) is 9.59 Å². The minimum absolute atomic E-state index is 0.0199. The van der Waals surface area contributed by atoms with Crippen molar-refractivity contribution in [3.05, 3.63) is 70.7 Å². The van der Waals surface area contributed by atoms with E-state index in [0.717, 1.165) is 31.2 Å². The van der Waals surface area contributed by atoms with Crippen LogP contribution in [0.5, 0.6) is 0 Å². The summed E-state index contributed by atoms with van der Waals surface area (Å²) in [7, 11) is 0. The van der Waals surface area contributed by atoms with Crippen LogP contribution in [-0.4, -0.2) is 53.5 Å². The Balaban J connectivity index is 0.000000968. The molecule has 2 aromatic rings. The molecule has 2 aliphatic rings. The first-order chi connectivity index (χ1) is 15.9. The monoisotopic (exact) mass is 471 g/mol. The number of piperazine rings is 1. The van der Waals surface area contributed by atoms with Crippen molar-refractivity contribution < 1.29 is 19.5 Å². The van der Waals surface area contributed by atoms with Crippen LogP contribution in [0.4, 0.5) is 0 Å². The van der Waals surface area contributed by atoms with Crippen molar-refractivity contribution in [2.45, 2.75) is 49.6 Å². The molecule has 2 aromatic carbocycles. The highest BCUT2D eigenvalue weighted by atomic mass is 35.5. The number of halogens is 1. The molecule has 33 heavy (non-hydrogen) atoms. The third-order valence-corrected chi connectivity index (χ3v) is 6.93. The fourth-order valence-corrected chi connectivity index (χ4v) is 5.12. The molecule has 176 valence electrons. The third-order valence-electron chi connectivity index (χ3n) is 6.69. The van der Waals surface area contributed by atoms with Crippen molar-refractivity contribution in [3.8, 4) is 0 Å². The van der Waals surface area contributed by atoms with Crippen molar-refractivity contribution in [3.63, 3.8) is 0 Å². The number of hydrogen-bond acceptors (Lipinski definition) is 4. The van der Waals surface area contributed by atoms with E-state index in [-0.39, 0.29) is 36.3 Å². The molecule has 2 amide bonds. The lowest BCUT2D eigenvalue weighted by Crippen LogP contribution is -2.62. The Morgan fingerprint density at radius 2 is 1.79 bits per heavy atom. The third kappa shape index (κ3) is 5.92. The highest BCUT2D eigenvalue weighted by Gasteiger charge is 2.42. The molecule has 4 rings (SSSR count). The van der Waals surface area contributed by atoms with Gasteiger partial charge in [0.15, 0.2) is 0 Å². The predicted molar refractivity (Wildman–Crippen MR) is 127 cm³/mol. The molecule has 4 N–H and O–H groups in total. The van der Waals surface area contributed by atoms with Gasteiger partial charge < -0.3 is 21.1 Å². The maximum Gasteiger partial charge on any atom is 0.290 e. The Hall–Kier alpha value is -2.90. The average molecular weight is 472 g/mol. The molecule has 0 radical (unpaired) electrons. The largest absolute Gasteiger partial charge is 0.483 e. The lowest BCUT2D eigenvalue weighted by Gasteiger charge is -2.45. The molecule has 0 unspecified atom stereocenters. The van der Waals surface area contributed by atoms with Gasteiger partial charge in [-0.3, -0.25) is 14.4 Å². The van der Waals surface area contributed by atoms with Crippen molar-refractivity contribution in [2.75, 3.05) is 13.1 Å². The van der Waals surface area contributed by atoms with Gasteiger partial charge in [0.25, 0.3) is 6.47 Å². The molecule has 0 bridgehead atoms. The number of carbonyl (C=O) groups excluding carboxylic acids is 2. The second-order valence-electron chi connectivity index (χ2n) is 8.61. The van der Waals surface area contributed by atoms with Gasteiger partial charge in [-0.25, -0.2) is 0 Å². The number of carbonyl (C=O) groups is 3. The quantitative estimate of drug-likeness (QED) is 0.580. The summed E-state index contributed by atoms with van der Waals surface area (Å²) in [6, 6.07) is 17.3. The van der Waals surface area contributed by atoms with Gasteiger partial charge in [0, 0.05) is 29.4 Å². The maximum absolute atomic E-state index is 13.2. The summed E-state index contributed by atoms with van der Waals surface area (Å²) in [5, 5.41) is 10.5. The van der Waals surface area contributed by atoms with Gasteiger partial charge >= 0.3 is 0 Å². The van der Waals surface area contributed by atoms with E-state index >= 15 is 0 Å². The van der Waals surface area contributed by atoms with E-state index < -0.39 is 6.04 Å². The van der Waals surface area contributed by atoms with E-state index in [0.29, 0.717) is 18.0 Å². The second-order valence-corrected chi connectivity index (χ2v) is 9.04. The van der Waals surface area contributed by atoms with E-state index in [1.807, 2.05) is 48.5 Å². The van der Waals surface area contributed by atoms with Crippen LogP contribution < -0.4 is 11.1 Å². The van der Waals surface area contributed by atoms with Crippen LogP contribution in [0.1, 0.15) is 36.8 Å². The lowest BCUT2D eigenvalue weighted by atomic mass is 9.68. The fourth-order valence-electron chi connectivity index (χ4n) is 4.93. The van der Waals surface area contributed by atoms with Crippen LogP contribution >= 0.6 is 11.6 Å². The lowest BCUT2D eigenvalue weighted by molar-refractivity contribution is -0.147. The van der Waals surface area contributed by atoms with Crippen molar-refractivity contribution in [1.29, 1.82) is 0 Å². The second kappa shape index (κ2) is 11.3. The number of rotatable bonds is 5. The average Bonchev–Trinajstić information content (AvgIpc) is 2.82. The molecular formula is C25H30ClN3O4. The molecule has 1 saturated heterocycles. The highest BCUT2D eigenvalue weighted by molar-refractivity contribution is 6.30. The minimum Gasteiger partial charge on any atom is -0.483 e. The number of nitrogens with zero attached hydrogens (tertiary/aromatic N) is 1. The summed E-state index contributed by atoms with van der Waals surface area (Å²) in [5.74, 6) is -0.0625. The first kappa shape index (κ1) is 24.7. The standard InChI is InChI=1S/C24H28ClN3O2.CH2O2/c25-19-8-4-7-18(14-19)24(16-26)11-9-20(10-12-24)28-15-22(29)27-21(23(28)30)13-17-5-2-1-3-6-17;2-1-3/h1-8,14,20-21H,9-13,15-16,26H2,(H,27,29);1H,(H,2,3)/t20?,21-,24?;/m0./s1. The van der Waals surface area contributed by atoms with E-state index in [1.165, 1.54) is 5.56 Å². The molecule has 1 aliphatic carbocycles. The van der Waals surface area contributed by atoms with Crippen molar-refractivity contribution in [2.24, 2.45) is 5.73 Å². The van der Waals surface area contributed by atoms with Gasteiger partial charge in [-0.15, -0.1) is 0 Å². The van der Waals surface area contributed by atoms with Crippen LogP contribution in [0.2, 0.25) is 5.02 Å². The number of hydrogen-bond donors (Lipinski definition) is 3. The van der Waals surface area contributed by atoms with Crippen LogP contribution in [0, 0.1) is 0 Å². The van der Waals surface area contributed by atoms with Gasteiger partial charge in [-0.1, -0.05) is 54.1 Å². The molecule has 7 nitrogen and oxygen atoms in total. The SMILES string of the molecule is NCC1(c2cccc(Cl)c2)CCC(N2CC(=O)N[C@@H](Cc3ccccc3)C2=O)CC1.O=CO. The number of benzene rings is 2. The van der Waals surface area contributed by atoms with Gasteiger partial charge in [0.05, 0.1) is 6.54 Å². The summed E-state index contributed by atoms with van der Waals surface area (Å²) >= 11 is 6.21. The molecule has 1 atom stereocenters. The Kier molecular flexibility index (Phi) is 8.47. The summed E-state index contributed by atoms with van der Waals surface area (Å²) in [6.45, 7) is 0.437. The Morgan fingerprint density at radius 1 is 1.12 bits per heavy atom. The number of carboxylic acid groups (broad SMARTS) is 1. The van der Waals surface area contributed by atoms with Gasteiger partial charge in [-0.05, 0) is 48.9 Å². The molecule has 1 saturated carbocycles. The van der Waals surface area contributed by atoms with Crippen molar-refractivity contribution in [1.82, 2.24) is 10.2 Å². The summed E-state index contributed by atoms with van der Waals surface area (Å²) in [4.78, 5) is 35.7. The predicted octanol–water partition coefficient (Wildman–Crippen LogP) is 2.75. The van der Waals surface area contributed by atoms with Gasteiger partial charge in [0.2, 0.25) is 11.8 Å². The van der Waals surface area contributed by atoms with Gasteiger partial charge in [0.1, 0.15) is 6.04 Å². The summed E-state index contributed by atoms with van der Waals surface area (Å²) in [6.07, 6.45) is 3.94. The van der Waals surface area contributed by atoms with Crippen LogP contribution in [0.25, 0.3) is 0 Å². The maximum atomic E-state index is 13.2. The number of nitrogens with two attached hydrogens (primary N) is 1. The van der Waals surface area contributed by atoms with Crippen molar-refractivity contribution >= 4 is 29.9 Å². The molecule has 1 aliphatic heterocycles. The molecule has 0 spiro atoms. The Bertz CT molecular complexity index is 961. The molecule has 0 aromatic heterocycles. The smallest absolute Gasteiger partial charge is 0.290 e. The summed E-state index contributed by atoms with van der Waals surface area (Å²) in [5.41, 5.74) is 8.31. The number of nitrogens with one attached hydrogen (secondary N) is 1. The van der Waals surface area contributed by atoms with Crippen LogP contribution in [0.15, 0.2) is 54.6 Å². The van der Waals surface area contributed by atoms with Crippen LogP contribution in [0.3, 0.4) is 0 Å². The molecule has 8 heteroatoms. The molecule has 2 fully saturated rings. The van der Waals surface area contributed by atoms with Crippen LogP contribution in [-0.2, 0) is 26.2 Å². The highest BCUT2D eigenvalue weighted by Crippen LogP contribution is 2.41. The van der Waals surface area contributed by atoms with E-state index in [2.05, 4.69) is 11.4 Å². The minimum atomic E-state index is -0.497. The Labute approximate surface area is 198 Å². The Morgan fingerprint density at radius 3 is 2.39 bits per heavy atom. The zero-order valence-electron chi connectivity index (χ0n) is 18.5. The first-order valence-corrected chi connectivity index (χ1v) is 11.5. The number of amides is 2. The summed E-state index contributed by atoms with van der Waals surface area (Å²) < 4.78 is 0.